The first kappa shape index (κ1) is 14.5. The van der Waals surface area contributed by atoms with Crippen LogP contribution in [0.3, 0.4) is 0 Å². The summed E-state index contributed by atoms with van der Waals surface area (Å²) in [7, 11) is 0. The average molecular weight is 344 g/mol. The summed E-state index contributed by atoms with van der Waals surface area (Å²) in [6, 6.07) is 9.71. The number of hydrogen-bond acceptors (Lipinski definition) is 2. The summed E-state index contributed by atoms with van der Waals surface area (Å²) < 4.78 is 12.3. The number of aryl methyl sites for hydroxylation is 1. The molecule has 0 amide bonds. The van der Waals surface area contributed by atoms with Crippen molar-refractivity contribution in [2.75, 3.05) is 6.61 Å². The van der Waals surface area contributed by atoms with Gasteiger partial charge in [0.2, 0.25) is 0 Å². The van der Waals surface area contributed by atoms with E-state index < -0.39 is 0 Å². The second-order valence-electron chi connectivity index (χ2n) is 4.14. The Kier molecular flexibility index (Phi) is 4.94. The summed E-state index contributed by atoms with van der Waals surface area (Å²) in [4.78, 5) is 0. The molecule has 0 fully saturated rings. The van der Waals surface area contributed by atoms with Crippen LogP contribution in [0.1, 0.15) is 36.3 Å². The van der Waals surface area contributed by atoms with E-state index in [2.05, 4.69) is 22.9 Å². The van der Waals surface area contributed by atoms with Crippen LogP contribution in [0, 0.1) is 0 Å². The fraction of sp³-hybridized carbons (Fsp3) is 0.333. The zero-order valence-corrected chi connectivity index (χ0v) is 13.3. The van der Waals surface area contributed by atoms with Crippen LogP contribution in [0.4, 0.5) is 0 Å². The van der Waals surface area contributed by atoms with Crippen molar-refractivity contribution < 1.29 is 9.15 Å². The first-order valence-electron chi connectivity index (χ1n) is 6.30. The minimum atomic E-state index is -0.348. The van der Waals surface area contributed by atoms with Crippen molar-refractivity contribution in [1.82, 2.24) is 0 Å². The molecule has 2 rings (SSSR count). The molecule has 0 bridgehead atoms. The zero-order chi connectivity index (χ0) is 13.8. The molecular weight excluding hydrogens is 328 g/mol. The predicted octanol–water partition coefficient (Wildman–Crippen LogP) is 5.33. The van der Waals surface area contributed by atoms with Crippen molar-refractivity contribution in [2.24, 2.45) is 0 Å². The molecule has 1 unspecified atom stereocenters. The molecule has 19 heavy (non-hydrogen) atoms. The predicted molar refractivity (Wildman–Crippen MR) is 81.1 cm³/mol. The van der Waals surface area contributed by atoms with Crippen LogP contribution >= 0.6 is 27.5 Å². The second-order valence-corrected chi connectivity index (χ2v) is 5.49. The molecule has 0 aliphatic carbocycles. The maximum absolute atomic E-state index is 6.52. The lowest BCUT2D eigenvalue weighted by Crippen LogP contribution is -1.99. The van der Waals surface area contributed by atoms with Crippen LogP contribution in [0.15, 0.2) is 39.2 Å². The Morgan fingerprint density at radius 3 is 2.68 bits per heavy atom. The van der Waals surface area contributed by atoms with Gasteiger partial charge in [-0.1, -0.05) is 22.9 Å². The Labute approximate surface area is 126 Å². The molecule has 0 aliphatic heterocycles. The number of benzene rings is 1. The van der Waals surface area contributed by atoms with E-state index in [1.54, 1.807) is 0 Å². The van der Waals surface area contributed by atoms with Gasteiger partial charge in [-0.25, -0.2) is 0 Å². The fourth-order valence-electron chi connectivity index (χ4n) is 1.88. The smallest absolute Gasteiger partial charge is 0.126 e. The van der Waals surface area contributed by atoms with E-state index in [0.717, 1.165) is 33.7 Å². The minimum Gasteiger partial charge on any atom is -0.494 e. The van der Waals surface area contributed by atoms with E-state index in [-0.39, 0.29) is 5.38 Å². The lowest BCUT2D eigenvalue weighted by Gasteiger charge is -2.14. The number of alkyl halides is 1. The molecule has 2 nitrogen and oxygen atoms in total. The molecule has 0 aliphatic rings. The first-order valence-corrected chi connectivity index (χ1v) is 7.53. The SMILES string of the molecule is CCOc1ccc(Br)cc1C(Cl)c1ccc(CC)o1. The van der Waals surface area contributed by atoms with Gasteiger partial charge in [0.15, 0.2) is 0 Å². The van der Waals surface area contributed by atoms with Gasteiger partial charge in [-0.2, -0.15) is 0 Å². The first-order chi connectivity index (χ1) is 9.15. The maximum Gasteiger partial charge on any atom is 0.126 e. The molecule has 1 heterocycles. The van der Waals surface area contributed by atoms with E-state index in [0.29, 0.717) is 6.61 Å². The van der Waals surface area contributed by atoms with E-state index in [4.69, 9.17) is 20.8 Å². The summed E-state index contributed by atoms with van der Waals surface area (Å²) in [6.07, 6.45) is 0.862. The maximum atomic E-state index is 6.52. The lowest BCUT2D eigenvalue weighted by molar-refractivity contribution is 0.335. The number of ether oxygens (including phenoxy) is 1. The number of rotatable bonds is 5. The number of halogens is 2. The van der Waals surface area contributed by atoms with Crippen molar-refractivity contribution in [1.29, 1.82) is 0 Å². The van der Waals surface area contributed by atoms with Gasteiger partial charge in [-0.3, -0.25) is 0 Å². The summed E-state index contributed by atoms with van der Waals surface area (Å²) in [5.74, 6) is 2.48. The van der Waals surface area contributed by atoms with Gasteiger partial charge in [0.1, 0.15) is 22.6 Å². The standard InChI is InChI=1S/C15H16BrClO2/c1-3-11-6-8-14(19-11)15(17)12-9-10(16)5-7-13(12)18-4-2/h5-9,15H,3-4H2,1-2H3. The Hall–Kier alpha value is -0.930. The number of hydrogen-bond donors (Lipinski definition) is 0. The molecule has 4 heteroatoms. The van der Waals surface area contributed by atoms with E-state index in [9.17, 15) is 0 Å². The van der Waals surface area contributed by atoms with E-state index >= 15 is 0 Å². The quantitative estimate of drug-likeness (QED) is 0.684. The highest BCUT2D eigenvalue weighted by molar-refractivity contribution is 9.10. The monoisotopic (exact) mass is 342 g/mol. The van der Waals surface area contributed by atoms with Crippen LogP contribution in [0.2, 0.25) is 0 Å². The van der Waals surface area contributed by atoms with Crippen LogP contribution in [0.5, 0.6) is 5.75 Å². The topological polar surface area (TPSA) is 22.4 Å². The Morgan fingerprint density at radius 2 is 2.05 bits per heavy atom. The molecule has 1 aromatic heterocycles. The second kappa shape index (κ2) is 6.49. The van der Waals surface area contributed by atoms with Gasteiger partial charge < -0.3 is 9.15 Å². The van der Waals surface area contributed by atoms with Gasteiger partial charge in [-0.15, -0.1) is 11.6 Å². The summed E-state index contributed by atoms with van der Waals surface area (Å²) in [5.41, 5.74) is 0.912. The van der Waals surface area contributed by atoms with Crippen molar-refractivity contribution in [2.45, 2.75) is 25.6 Å². The summed E-state index contributed by atoms with van der Waals surface area (Å²) >= 11 is 9.98. The highest BCUT2D eigenvalue weighted by atomic mass is 79.9. The molecule has 0 saturated carbocycles. The fourth-order valence-corrected chi connectivity index (χ4v) is 2.54. The molecule has 2 aromatic rings. The third-order valence-corrected chi connectivity index (χ3v) is 3.77. The largest absolute Gasteiger partial charge is 0.494 e. The van der Waals surface area contributed by atoms with Gasteiger partial charge in [0.05, 0.1) is 6.61 Å². The molecule has 102 valence electrons. The molecule has 0 spiro atoms. The third-order valence-electron chi connectivity index (χ3n) is 2.83. The van der Waals surface area contributed by atoms with Crippen LogP contribution in [-0.4, -0.2) is 6.61 Å². The molecular formula is C15H16BrClO2. The lowest BCUT2D eigenvalue weighted by atomic mass is 10.1. The van der Waals surface area contributed by atoms with Crippen LogP contribution in [0.25, 0.3) is 0 Å². The van der Waals surface area contributed by atoms with Gasteiger partial charge in [0, 0.05) is 16.5 Å². The highest BCUT2D eigenvalue weighted by Gasteiger charge is 2.19. The molecule has 1 aromatic carbocycles. The zero-order valence-electron chi connectivity index (χ0n) is 11.0. The van der Waals surface area contributed by atoms with Gasteiger partial charge in [-0.05, 0) is 37.3 Å². The number of furan rings is 1. The molecule has 0 saturated heterocycles. The van der Waals surface area contributed by atoms with Crippen molar-refractivity contribution in [3.05, 3.63) is 51.9 Å². The van der Waals surface area contributed by atoms with Crippen molar-refractivity contribution in [3.8, 4) is 5.75 Å². The van der Waals surface area contributed by atoms with Gasteiger partial charge in [0.25, 0.3) is 0 Å². The van der Waals surface area contributed by atoms with Gasteiger partial charge >= 0.3 is 0 Å². The molecule has 1 atom stereocenters. The Morgan fingerprint density at radius 1 is 1.26 bits per heavy atom. The highest BCUT2D eigenvalue weighted by Crippen LogP contribution is 2.37. The van der Waals surface area contributed by atoms with Crippen LogP contribution in [-0.2, 0) is 6.42 Å². The molecule has 0 N–H and O–H groups in total. The average Bonchev–Trinajstić information content (AvgIpc) is 2.89. The van der Waals surface area contributed by atoms with Crippen molar-refractivity contribution >= 4 is 27.5 Å². The summed E-state index contributed by atoms with van der Waals surface area (Å²) in [5, 5.41) is -0.348. The Bertz CT molecular complexity index is 551. The minimum absolute atomic E-state index is 0.348. The molecule has 0 radical (unpaired) electrons. The Balaban J connectivity index is 2.36. The van der Waals surface area contributed by atoms with E-state index in [1.165, 1.54) is 0 Å². The normalized spacial score (nSPS) is 12.4. The third kappa shape index (κ3) is 3.34. The summed E-state index contributed by atoms with van der Waals surface area (Å²) in [6.45, 7) is 4.62. The van der Waals surface area contributed by atoms with Crippen LogP contribution < -0.4 is 4.74 Å². The van der Waals surface area contributed by atoms with E-state index in [1.807, 2.05) is 37.3 Å². The van der Waals surface area contributed by atoms with Crippen molar-refractivity contribution in [3.63, 3.8) is 0 Å².